The smallest absolute Gasteiger partial charge is 0.416 e. The van der Waals surface area contributed by atoms with Gasteiger partial charge in [-0.2, -0.15) is 13.2 Å². The summed E-state index contributed by atoms with van der Waals surface area (Å²) in [5, 5.41) is 7.76. The van der Waals surface area contributed by atoms with Crippen LogP contribution in [0.2, 0.25) is 0 Å². The molecule has 2 atom stereocenters. The Hall–Kier alpha value is -3.90. The Morgan fingerprint density at radius 3 is 2.31 bits per heavy atom. The summed E-state index contributed by atoms with van der Waals surface area (Å²) in [5.41, 5.74) is 2.40. The SMILES string of the molecule is C/C=C(\C)C1C(c2ccc(S)cc2)N=C(c2cc(C(F)(F)F)ccc2OCC)N1C(=O)c1ccc(CN2CCOCC2)cc1.C=CCO. The Labute approximate surface area is 285 Å². The molecule has 5 rings (SSSR count). The third-order valence-corrected chi connectivity index (χ3v) is 8.43. The van der Waals surface area contributed by atoms with Crippen LogP contribution in [0.1, 0.15) is 59.4 Å². The highest BCUT2D eigenvalue weighted by molar-refractivity contribution is 7.80. The normalized spacial score (nSPS) is 18.5. The molecule has 2 aliphatic heterocycles. The Balaban J connectivity index is 0.00000123. The summed E-state index contributed by atoms with van der Waals surface area (Å²) < 4.78 is 53.1. The molecule has 3 aromatic rings. The molecule has 0 bridgehead atoms. The quantitative estimate of drug-likeness (QED) is 0.182. The summed E-state index contributed by atoms with van der Waals surface area (Å²) >= 11 is 4.41. The number of halogens is 3. The number of carbonyl (C=O) groups is 1. The van der Waals surface area contributed by atoms with Crippen LogP contribution in [0, 0.1) is 0 Å². The first kappa shape index (κ1) is 36.9. The van der Waals surface area contributed by atoms with Crippen molar-refractivity contribution in [1.29, 1.82) is 0 Å². The van der Waals surface area contributed by atoms with Crippen molar-refractivity contribution in [3.05, 3.63) is 119 Å². The monoisotopic (exact) mass is 681 g/mol. The molecule has 0 radical (unpaired) electrons. The lowest BCUT2D eigenvalue weighted by atomic mass is 9.93. The Bertz CT molecular complexity index is 1600. The molecule has 2 heterocycles. The second-order valence-corrected chi connectivity index (χ2v) is 11.9. The van der Waals surface area contributed by atoms with Crippen molar-refractivity contribution >= 4 is 24.4 Å². The number of morpholine rings is 1. The number of aliphatic hydroxyl groups is 1. The number of amidine groups is 1. The molecule has 11 heteroatoms. The van der Waals surface area contributed by atoms with Gasteiger partial charge in [0.25, 0.3) is 5.91 Å². The van der Waals surface area contributed by atoms with Gasteiger partial charge in [0.05, 0.1) is 43.6 Å². The van der Waals surface area contributed by atoms with E-state index >= 15 is 0 Å². The van der Waals surface area contributed by atoms with Gasteiger partial charge in [-0.15, -0.1) is 19.2 Å². The third kappa shape index (κ3) is 8.96. The molecule has 0 saturated carbocycles. The summed E-state index contributed by atoms with van der Waals surface area (Å²) in [6, 6.07) is 17.0. The van der Waals surface area contributed by atoms with E-state index in [4.69, 9.17) is 19.6 Å². The molecule has 1 saturated heterocycles. The van der Waals surface area contributed by atoms with Crippen molar-refractivity contribution in [3.63, 3.8) is 0 Å². The molecule has 1 fully saturated rings. The van der Waals surface area contributed by atoms with Crippen LogP contribution in [-0.2, 0) is 17.5 Å². The Morgan fingerprint density at radius 2 is 1.75 bits per heavy atom. The van der Waals surface area contributed by atoms with E-state index in [-0.39, 0.29) is 36.3 Å². The Morgan fingerprint density at radius 1 is 1.10 bits per heavy atom. The zero-order chi connectivity index (χ0) is 34.8. The van der Waals surface area contributed by atoms with Crippen LogP contribution in [0.4, 0.5) is 13.2 Å². The fourth-order valence-electron chi connectivity index (χ4n) is 5.58. The number of hydrogen-bond acceptors (Lipinski definition) is 7. The standard InChI is InChI=1S/C34H36F3N3O3S.C3H6O/c1-4-22(3)31-30(24-10-13-27(44)14-11-24)38-32(28-20-26(34(35,36)37)12-15-29(28)43-5-2)40(31)33(41)25-8-6-23(7-9-25)21-39-16-18-42-19-17-39;1-2-3-4/h4,6-15,20,30-31,44H,5,16-19,21H2,1-3H3;2,4H,1,3H2/b22-4+;. The summed E-state index contributed by atoms with van der Waals surface area (Å²) in [5.74, 6) is -0.00436. The lowest BCUT2D eigenvalue weighted by molar-refractivity contribution is -0.137. The van der Waals surface area contributed by atoms with Gasteiger partial charge in [0.2, 0.25) is 0 Å². The van der Waals surface area contributed by atoms with Crippen molar-refractivity contribution in [2.45, 2.75) is 50.5 Å². The van der Waals surface area contributed by atoms with Crippen molar-refractivity contribution in [3.8, 4) is 5.75 Å². The highest BCUT2D eigenvalue weighted by Crippen LogP contribution is 2.41. The number of hydrogen-bond donors (Lipinski definition) is 2. The molecule has 0 aliphatic carbocycles. The number of aliphatic hydroxyl groups excluding tert-OH is 1. The fourth-order valence-corrected chi connectivity index (χ4v) is 5.73. The predicted octanol–water partition coefficient (Wildman–Crippen LogP) is 7.37. The first-order chi connectivity index (χ1) is 23.0. The maximum atomic E-state index is 14.5. The molecule has 256 valence electrons. The molecule has 0 spiro atoms. The van der Waals surface area contributed by atoms with Gasteiger partial charge in [0.1, 0.15) is 17.6 Å². The molecule has 2 unspecified atom stereocenters. The maximum absolute atomic E-state index is 14.5. The van der Waals surface area contributed by atoms with Gasteiger partial charge in [0, 0.05) is 30.1 Å². The van der Waals surface area contributed by atoms with E-state index in [2.05, 4.69) is 24.1 Å². The number of allylic oxidation sites excluding steroid dienone is 1. The Kier molecular flexibility index (Phi) is 13.1. The lowest BCUT2D eigenvalue weighted by Crippen LogP contribution is -2.43. The van der Waals surface area contributed by atoms with Crippen LogP contribution < -0.4 is 4.74 Å². The van der Waals surface area contributed by atoms with Crippen molar-refractivity contribution in [2.75, 3.05) is 39.5 Å². The summed E-state index contributed by atoms with van der Waals surface area (Å²) in [7, 11) is 0. The largest absolute Gasteiger partial charge is 0.493 e. The van der Waals surface area contributed by atoms with E-state index < -0.39 is 23.8 Å². The zero-order valence-electron chi connectivity index (χ0n) is 27.4. The molecule has 7 nitrogen and oxygen atoms in total. The average Bonchev–Trinajstić information content (AvgIpc) is 3.49. The summed E-state index contributed by atoms with van der Waals surface area (Å²) in [6.45, 7) is 12.9. The van der Waals surface area contributed by atoms with Gasteiger partial charge >= 0.3 is 6.18 Å². The number of aliphatic imine (C=N–C) groups is 1. The van der Waals surface area contributed by atoms with E-state index in [0.717, 1.165) is 53.4 Å². The minimum atomic E-state index is -4.59. The topological polar surface area (TPSA) is 74.6 Å². The van der Waals surface area contributed by atoms with Gasteiger partial charge < -0.3 is 14.6 Å². The van der Waals surface area contributed by atoms with E-state index in [1.54, 1.807) is 19.1 Å². The number of alkyl halides is 3. The average molecular weight is 682 g/mol. The summed E-state index contributed by atoms with van der Waals surface area (Å²) in [4.78, 5) is 24.0. The molecule has 48 heavy (non-hydrogen) atoms. The molecule has 1 N–H and O–H groups in total. The van der Waals surface area contributed by atoms with E-state index in [1.165, 1.54) is 17.0 Å². The van der Waals surface area contributed by atoms with Crippen LogP contribution in [0.25, 0.3) is 0 Å². The molecular formula is C37H42F3N3O4S. The fraction of sp³-hybridized carbons (Fsp3) is 0.351. The van der Waals surface area contributed by atoms with Crippen LogP contribution in [0.5, 0.6) is 5.75 Å². The van der Waals surface area contributed by atoms with Gasteiger partial charge in [-0.1, -0.05) is 42.0 Å². The van der Waals surface area contributed by atoms with Gasteiger partial charge in [-0.05, 0) is 74.4 Å². The van der Waals surface area contributed by atoms with Crippen LogP contribution >= 0.6 is 12.6 Å². The number of ether oxygens (including phenoxy) is 2. The van der Waals surface area contributed by atoms with Gasteiger partial charge in [0.15, 0.2) is 0 Å². The second kappa shape index (κ2) is 17.0. The lowest BCUT2D eigenvalue weighted by Gasteiger charge is -2.31. The van der Waals surface area contributed by atoms with Gasteiger partial charge in [-0.25, -0.2) is 0 Å². The number of nitrogens with zero attached hydrogens (tertiary/aromatic N) is 3. The number of rotatable bonds is 9. The number of carbonyl (C=O) groups excluding carboxylic acids is 1. The molecule has 2 aliphatic rings. The minimum Gasteiger partial charge on any atom is -0.493 e. The van der Waals surface area contributed by atoms with E-state index in [0.29, 0.717) is 18.8 Å². The first-order valence-corrected chi connectivity index (χ1v) is 16.2. The van der Waals surface area contributed by atoms with Crippen LogP contribution in [0.3, 0.4) is 0 Å². The van der Waals surface area contributed by atoms with Crippen molar-refractivity contribution in [2.24, 2.45) is 4.99 Å². The van der Waals surface area contributed by atoms with Crippen LogP contribution in [0.15, 0.2) is 101 Å². The predicted molar refractivity (Wildman–Crippen MR) is 185 cm³/mol. The molecule has 3 aromatic carbocycles. The highest BCUT2D eigenvalue weighted by Gasteiger charge is 2.44. The van der Waals surface area contributed by atoms with Gasteiger partial charge in [-0.3, -0.25) is 19.6 Å². The maximum Gasteiger partial charge on any atom is 0.416 e. The number of benzene rings is 3. The van der Waals surface area contributed by atoms with E-state index in [1.807, 2.05) is 56.3 Å². The van der Waals surface area contributed by atoms with Crippen LogP contribution in [-0.4, -0.2) is 72.2 Å². The van der Waals surface area contributed by atoms with Crippen molar-refractivity contribution in [1.82, 2.24) is 9.80 Å². The molecule has 1 amide bonds. The molecule has 0 aromatic heterocycles. The zero-order valence-corrected chi connectivity index (χ0v) is 28.3. The third-order valence-electron chi connectivity index (χ3n) is 8.13. The highest BCUT2D eigenvalue weighted by atomic mass is 32.1. The summed E-state index contributed by atoms with van der Waals surface area (Å²) in [6.07, 6.45) is -1.26. The second-order valence-electron chi connectivity index (χ2n) is 11.3. The van der Waals surface area contributed by atoms with E-state index in [9.17, 15) is 18.0 Å². The number of amides is 1. The minimum absolute atomic E-state index is 0.0833. The first-order valence-electron chi connectivity index (χ1n) is 15.8. The molecular weight excluding hydrogens is 639 g/mol. The van der Waals surface area contributed by atoms with Crippen molar-refractivity contribution < 1.29 is 32.5 Å². The number of thiol groups is 1.